The van der Waals surface area contributed by atoms with Crippen LogP contribution in [0.1, 0.15) is 39.5 Å². The first kappa shape index (κ1) is 15.8. The van der Waals surface area contributed by atoms with Gasteiger partial charge in [-0.3, -0.25) is 4.79 Å². The minimum atomic E-state index is -0.245. The summed E-state index contributed by atoms with van der Waals surface area (Å²) in [5.74, 6) is 0.636. The summed E-state index contributed by atoms with van der Waals surface area (Å²) in [6.07, 6.45) is 1.52. The largest absolute Gasteiger partial charge is 0.367 e. The summed E-state index contributed by atoms with van der Waals surface area (Å²) in [6.45, 7) is 7.28. The lowest BCUT2D eigenvalue weighted by molar-refractivity contribution is -0.0266. The average molecular weight is 340 g/mol. The standard InChI is InChI=1S/C17H20N6O2/c1-10-6-12(3)23-15(19-10)7-13(21-23)17(24)22-4-5-25-14(9-22)16-18-8-11(2)20-16/h6-8,14H,4-5,9H2,1-3H3,(H,18,20)/t14-/m0/s1. The predicted octanol–water partition coefficient (Wildman–Crippen LogP) is 1.59. The molecule has 1 aliphatic rings. The highest BCUT2D eigenvalue weighted by Gasteiger charge is 2.29. The second-order valence-electron chi connectivity index (χ2n) is 6.40. The molecule has 4 heterocycles. The van der Waals surface area contributed by atoms with Crippen LogP contribution in [0.3, 0.4) is 0 Å². The van der Waals surface area contributed by atoms with Crippen molar-refractivity contribution in [3.8, 4) is 0 Å². The summed E-state index contributed by atoms with van der Waals surface area (Å²) < 4.78 is 7.46. The van der Waals surface area contributed by atoms with Gasteiger partial charge in [-0.2, -0.15) is 5.10 Å². The molecule has 8 heteroatoms. The van der Waals surface area contributed by atoms with Crippen molar-refractivity contribution in [2.75, 3.05) is 19.7 Å². The summed E-state index contributed by atoms with van der Waals surface area (Å²) in [6, 6.07) is 3.68. The van der Waals surface area contributed by atoms with Crippen molar-refractivity contribution < 1.29 is 9.53 Å². The maximum atomic E-state index is 12.9. The number of amides is 1. The number of nitrogens with one attached hydrogen (secondary N) is 1. The Kier molecular flexibility index (Phi) is 3.76. The molecule has 130 valence electrons. The molecule has 3 aromatic rings. The Bertz CT molecular complexity index is 944. The molecule has 1 amide bonds. The number of aromatic amines is 1. The lowest BCUT2D eigenvalue weighted by atomic mass is 10.2. The van der Waals surface area contributed by atoms with Gasteiger partial charge in [-0.15, -0.1) is 0 Å². The summed E-state index contributed by atoms with van der Waals surface area (Å²) in [5, 5.41) is 4.43. The highest BCUT2D eigenvalue weighted by molar-refractivity contribution is 5.93. The van der Waals surface area contributed by atoms with E-state index in [1.165, 1.54) is 0 Å². The summed E-state index contributed by atoms with van der Waals surface area (Å²) in [5.41, 5.74) is 3.92. The van der Waals surface area contributed by atoms with Crippen molar-refractivity contribution in [2.24, 2.45) is 0 Å². The molecule has 1 atom stereocenters. The number of fused-ring (bicyclic) bond motifs is 1. The number of carbonyl (C=O) groups is 1. The van der Waals surface area contributed by atoms with Crippen LogP contribution in [0, 0.1) is 20.8 Å². The number of carbonyl (C=O) groups excluding carboxylic acids is 1. The van der Waals surface area contributed by atoms with E-state index in [0.717, 1.165) is 22.9 Å². The zero-order valence-electron chi connectivity index (χ0n) is 14.5. The van der Waals surface area contributed by atoms with E-state index in [0.29, 0.717) is 31.0 Å². The highest BCUT2D eigenvalue weighted by Crippen LogP contribution is 2.21. The maximum absolute atomic E-state index is 12.9. The van der Waals surface area contributed by atoms with Crippen molar-refractivity contribution in [1.29, 1.82) is 0 Å². The molecule has 1 saturated heterocycles. The van der Waals surface area contributed by atoms with Gasteiger partial charge in [0.25, 0.3) is 5.91 Å². The Balaban J connectivity index is 1.59. The van der Waals surface area contributed by atoms with Crippen LogP contribution in [-0.4, -0.2) is 55.1 Å². The molecule has 4 rings (SSSR count). The SMILES string of the molecule is Cc1cc(C)n2nc(C(=O)N3CCO[C@H](c4ncc(C)[nH]4)C3)cc2n1. The number of morpholine rings is 1. The summed E-state index contributed by atoms with van der Waals surface area (Å²) in [7, 11) is 0. The molecule has 8 nitrogen and oxygen atoms in total. The molecule has 0 saturated carbocycles. The van der Waals surface area contributed by atoms with Gasteiger partial charge in [-0.25, -0.2) is 14.5 Å². The molecule has 0 radical (unpaired) electrons. The zero-order chi connectivity index (χ0) is 17.6. The van der Waals surface area contributed by atoms with E-state index < -0.39 is 0 Å². The summed E-state index contributed by atoms with van der Waals surface area (Å²) >= 11 is 0. The zero-order valence-corrected chi connectivity index (χ0v) is 14.5. The number of imidazole rings is 1. The highest BCUT2D eigenvalue weighted by atomic mass is 16.5. The van der Waals surface area contributed by atoms with E-state index in [1.807, 2.05) is 26.8 Å². The number of ether oxygens (including phenoxy) is 1. The van der Waals surface area contributed by atoms with Crippen LogP contribution in [0.15, 0.2) is 18.3 Å². The van der Waals surface area contributed by atoms with Gasteiger partial charge in [0.05, 0.1) is 13.2 Å². The summed E-state index contributed by atoms with van der Waals surface area (Å²) in [4.78, 5) is 26.6. The van der Waals surface area contributed by atoms with Gasteiger partial charge in [0.15, 0.2) is 11.3 Å². The molecule has 1 N–H and O–H groups in total. The van der Waals surface area contributed by atoms with Gasteiger partial charge >= 0.3 is 0 Å². The van der Waals surface area contributed by atoms with Crippen LogP contribution in [-0.2, 0) is 4.74 Å². The van der Waals surface area contributed by atoms with Crippen LogP contribution in [0.4, 0.5) is 0 Å². The molecule has 0 unspecified atom stereocenters. The Morgan fingerprint density at radius 3 is 2.92 bits per heavy atom. The van der Waals surface area contributed by atoms with Gasteiger partial charge in [0.2, 0.25) is 0 Å². The fourth-order valence-electron chi connectivity index (χ4n) is 3.15. The Labute approximate surface area is 144 Å². The quantitative estimate of drug-likeness (QED) is 0.765. The van der Waals surface area contributed by atoms with Crippen molar-refractivity contribution in [2.45, 2.75) is 26.9 Å². The second kappa shape index (κ2) is 5.96. The lowest BCUT2D eigenvalue weighted by Crippen LogP contribution is -2.42. The first-order chi connectivity index (χ1) is 12.0. The van der Waals surface area contributed by atoms with Gasteiger partial charge in [0, 0.05) is 35.9 Å². The molecule has 1 aliphatic heterocycles. The second-order valence-corrected chi connectivity index (χ2v) is 6.40. The Hall–Kier alpha value is -2.74. The molecular weight excluding hydrogens is 320 g/mol. The van der Waals surface area contributed by atoms with Crippen molar-refractivity contribution in [3.05, 3.63) is 46.9 Å². The Morgan fingerprint density at radius 1 is 1.32 bits per heavy atom. The fraction of sp³-hybridized carbons (Fsp3) is 0.412. The van der Waals surface area contributed by atoms with Gasteiger partial charge in [-0.05, 0) is 26.8 Å². The lowest BCUT2D eigenvalue weighted by Gasteiger charge is -2.31. The number of hydrogen-bond acceptors (Lipinski definition) is 5. The number of rotatable bonds is 2. The number of aryl methyl sites for hydroxylation is 3. The van der Waals surface area contributed by atoms with Crippen LogP contribution >= 0.6 is 0 Å². The number of aromatic nitrogens is 5. The van der Waals surface area contributed by atoms with Crippen LogP contribution < -0.4 is 0 Å². The third kappa shape index (κ3) is 2.89. The fourth-order valence-corrected chi connectivity index (χ4v) is 3.15. The van der Waals surface area contributed by atoms with E-state index in [1.54, 1.807) is 21.7 Å². The van der Waals surface area contributed by atoms with Crippen LogP contribution in [0.5, 0.6) is 0 Å². The first-order valence-electron chi connectivity index (χ1n) is 8.27. The minimum absolute atomic E-state index is 0.112. The molecule has 0 bridgehead atoms. The first-order valence-corrected chi connectivity index (χ1v) is 8.27. The van der Waals surface area contributed by atoms with Gasteiger partial charge in [0.1, 0.15) is 11.9 Å². The molecule has 0 aliphatic carbocycles. The minimum Gasteiger partial charge on any atom is -0.367 e. The van der Waals surface area contributed by atoms with Gasteiger partial charge in [-0.1, -0.05) is 0 Å². The topological polar surface area (TPSA) is 88.4 Å². The van der Waals surface area contributed by atoms with E-state index >= 15 is 0 Å². The Morgan fingerprint density at radius 2 is 2.16 bits per heavy atom. The molecule has 0 aromatic carbocycles. The number of H-pyrrole nitrogens is 1. The third-order valence-electron chi connectivity index (χ3n) is 4.33. The normalized spacial score (nSPS) is 18.0. The smallest absolute Gasteiger partial charge is 0.274 e. The maximum Gasteiger partial charge on any atom is 0.274 e. The molecular formula is C17H20N6O2. The molecule has 25 heavy (non-hydrogen) atoms. The monoisotopic (exact) mass is 340 g/mol. The van der Waals surface area contributed by atoms with Crippen LogP contribution in [0.25, 0.3) is 5.65 Å². The van der Waals surface area contributed by atoms with E-state index in [4.69, 9.17) is 4.74 Å². The number of nitrogens with zero attached hydrogens (tertiary/aromatic N) is 5. The average Bonchev–Trinajstić information content (AvgIpc) is 3.21. The molecule has 3 aromatic heterocycles. The third-order valence-corrected chi connectivity index (χ3v) is 4.33. The molecule has 0 spiro atoms. The van der Waals surface area contributed by atoms with Gasteiger partial charge < -0.3 is 14.6 Å². The van der Waals surface area contributed by atoms with E-state index in [2.05, 4.69) is 20.1 Å². The van der Waals surface area contributed by atoms with Crippen molar-refractivity contribution >= 4 is 11.6 Å². The van der Waals surface area contributed by atoms with E-state index in [9.17, 15) is 4.79 Å². The van der Waals surface area contributed by atoms with Crippen LogP contribution in [0.2, 0.25) is 0 Å². The molecule has 1 fully saturated rings. The van der Waals surface area contributed by atoms with E-state index in [-0.39, 0.29) is 12.0 Å². The van der Waals surface area contributed by atoms with Crippen molar-refractivity contribution in [1.82, 2.24) is 29.5 Å². The van der Waals surface area contributed by atoms with Crippen molar-refractivity contribution in [3.63, 3.8) is 0 Å². The number of hydrogen-bond donors (Lipinski definition) is 1. The predicted molar refractivity (Wildman–Crippen MR) is 90.4 cm³/mol.